The van der Waals surface area contributed by atoms with Crippen LogP contribution in [0.5, 0.6) is 0 Å². The molecule has 1 heterocycles. The Bertz CT molecular complexity index is 562. The fraction of sp³-hybridized carbons (Fsp3) is 0.619. The van der Waals surface area contributed by atoms with Crippen molar-refractivity contribution in [3.05, 3.63) is 48.0 Å². The van der Waals surface area contributed by atoms with E-state index < -0.39 is 5.60 Å². The van der Waals surface area contributed by atoms with Crippen LogP contribution in [0.4, 0.5) is 0 Å². The maximum atomic E-state index is 12.1. The van der Waals surface area contributed by atoms with Crippen LogP contribution in [-0.4, -0.2) is 18.2 Å². The Hall–Kier alpha value is -1.12. The number of nitrogens with one attached hydrogen (secondary N) is 1. The van der Waals surface area contributed by atoms with Crippen molar-refractivity contribution < 1.29 is 5.11 Å². The second-order valence-corrected chi connectivity index (χ2v) is 7.97. The zero-order valence-corrected chi connectivity index (χ0v) is 14.1. The minimum absolute atomic E-state index is 0.287. The van der Waals surface area contributed by atoms with Crippen LogP contribution in [0.15, 0.2) is 42.5 Å². The van der Waals surface area contributed by atoms with Crippen LogP contribution in [0.2, 0.25) is 0 Å². The fourth-order valence-corrected chi connectivity index (χ4v) is 5.47. The van der Waals surface area contributed by atoms with Gasteiger partial charge in [0.05, 0.1) is 5.60 Å². The van der Waals surface area contributed by atoms with Crippen molar-refractivity contribution in [1.82, 2.24) is 5.32 Å². The summed E-state index contributed by atoms with van der Waals surface area (Å²) in [6.07, 6.45) is 9.61. The Kier molecular flexibility index (Phi) is 4.07. The molecule has 1 aliphatic heterocycles. The van der Waals surface area contributed by atoms with Crippen LogP contribution >= 0.6 is 0 Å². The lowest BCUT2D eigenvalue weighted by molar-refractivity contribution is -0.101. The summed E-state index contributed by atoms with van der Waals surface area (Å²) in [5, 5.41) is 15.6. The van der Waals surface area contributed by atoms with Gasteiger partial charge in [-0.25, -0.2) is 0 Å². The Morgan fingerprint density at radius 3 is 2.61 bits per heavy atom. The Balaban J connectivity index is 1.70. The number of fused-ring (bicyclic) bond motifs is 2. The number of hydrogen-bond donors (Lipinski definition) is 2. The van der Waals surface area contributed by atoms with Crippen molar-refractivity contribution in [1.29, 1.82) is 0 Å². The van der Waals surface area contributed by atoms with Crippen molar-refractivity contribution in [2.24, 2.45) is 29.6 Å². The molecular weight excluding hydrogens is 282 g/mol. The molecule has 2 heteroatoms. The number of hydrogen-bond acceptors (Lipinski definition) is 2. The summed E-state index contributed by atoms with van der Waals surface area (Å²) in [5.74, 6) is 2.48. The van der Waals surface area contributed by atoms with Crippen molar-refractivity contribution >= 4 is 0 Å². The third-order valence-corrected chi connectivity index (χ3v) is 6.82. The second kappa shape index (κ2) is 6.07. The molecular formula is C21H29NO. The van der Waals surface area contributed by atoms with Gasteiger partial charge in [-0.3, -0.25) is 0 Å². The van der Waals surface area contributed by atoms with E-state index in [1.54, 1.807) is 0 Å². The van der Waals surface area contributed by atoms with Gasteiger partial charge in [-0.15, -0.1) is 0 Å². The van der Waals surface area contributed by atoms with E-state index in [4.69, 9.17) is 0 Å². The average molecular weight is 311 g/mol. The first kappa shape index (κ1) is 15.4. The second-order valence-electron chi connectivity index (χ2n) is 7.97. The maximum Gasteiger partial charge on any atom is 0.0958 e. The fourth-order valence-electron chi connectivity index (χ4n) is 5.47. The van der Waals surface area contributed by atoms with E-state index >= 15 is 0 Å². The lowest BCUT2D eigenvalue weighted by atomic mass is 9.64. The first-order valence-electron chi connectivity index (χ1n) is 9.36. The first-order chi connectivity index (χ1) is 11.2. The molecule has 124 valence electrons. The molecule has 0 spiro atoms. The van der Waals surface area contributed by atoms with Crippen LogP contribution in [0, 0.1) is 29.6 Å². The average Bonchev–Trinajstić information content (AvgIpc) is 3.25. The molecule has 23 heavy (non-hydrogen) atoms. The number of aliphatic hydroxyl groups is 1. The third kappa shape index (κ3) is 2.56. The molecule has 0 radical (unpaired) electrons. The summed E-state index contributed by atoms with van der Waals surface area (Å²) in [7, 11) is 0. The highest BCUT2D eigenvalue weighted by Crippen LogP contribution is 2.55. The van der Waals surface area contributed by atoms with Gasteiger partial charge < -0.3 is 10.4 Å². The van der Waals surface area contributed by atoms with Gasteiger partial charge in [0, 0.05) is 0 Å². The molecule has 6 unspecified atom stereocenters. The van der Waals surface area contributed by atoms with Crippen LogP contribution in [0.1, 0.15) is 38.2 Å². The van der Waals surface area contributed by atoms with Crippen molar-refractivity contribution in [3.63, 3.8) is 0 Å². The summed E-state index contributed by atoms with van der Waals surface area (Å²) in [6, 6.07) is 10.5. The van der Waals surface area contributed by atoms with Gasteiger partial charge in [-0.1, -0.05) is 49.4 Å². The highest BCUT2D eigenvalue weighted by atomic mass is 16.3. The minimum atomic E-state index is -0.699. The summed E-state index contributed by atoms with van der Waals surface area (Å²) >= 11 is 0. The Morgan fingerprint density at radius 1 is 1.17 bits per heavy atom. The van der Waals surface area contributed by atoms with Crippen LogP contribution in [-0.2, 0) is 5.60 Å². The highest BCUT2D eigenvalue weighted by Gasteiger charge is 2.52. The largest absolute Gasteiger partial charge is 0.385 e. The molecule has 4 rings (SSSR count). The molecule has 2 bridgehead atoms. The van der Waals surface area contributed by atoms with Gasteiger partial charge >= 0.3 is 0 Å². The maximum absolute atomic E-state index is 12.1. The van der Waals surface area contributed by atoms with Crippen LogP contribution in [0.25, 0.3) is 0 Å². The smallest absolute Gasteiger partial charge is 0.0958 e. The van der Waals surface area contributed by atoms with E-state index in [1.165, 1.54) is 19.3 Å². The van der Waals surface area contributed by atoms with E-state index in [-0.39, 0.29) is 5.92 Å². The molecule has 1 saturated heterocycles. The summed E-state index contributed by atoms with van der Waals surface area (Å²) in [6.45, 7) is 4.47. The molecule has 2 nitrogen and oxygen atoms in total. The Morgan fingerprint density at radius 2 is 2.00 bits per heavy atom. The monoisotopic (exact) mass is 311 g/mol. The zero-order valence-electron chi connectivity index (χ0n) is 14.1. The van der Waals surface area contributed by atoms with E-state index in [0.717, 1.165) is 25.1 Å². The predicted molar refractivity (Wildman–Crippen MR) is 93.9 cm³/mol. The molecule has 2 aliphatic carbocycles. The zero-order chi connectivity index (χ0) is 15.9. The van der Waals surface area contributed by atoms with Crippen LogP contribution in [0.3, 0.4) is 0 Å². The lowest BCUT2D eigenvalue weighted by Gasteiger charge is -2.46. The van der Waals surface area contributed by atoms with Gasteiger partial charge in [0.1, 0.15) is 0 Å². The number of allylic oxidation sites excluding steroid dienone is 2. The number of piperidine rings is 1. The summed E-state index contributed by atoms with van der Waals surface area (Å²) in [4.78, 5) is 0. The molecule has 0 aromatic heterocycles. The highest BCUT2D eigenvalue weighted by molar-refractivity contribution is 5.28. The minimum Gasteiger partial charge on any atom is -0.385 e. The lowest BCUT2D eigenvalue weighted by Crippen LogP contribution is -2.49. The summed E-state index contributed by atoms with van der Waals surface area (Å²) < 4.78 is 0. The molecule has 1 aromatic carbocycles. The molecule has 6 atom stereocenters. The topological polar surface area (TPSA) is 32.3 Å². The quantitative estimate of drug-likeness (QED) is 0.831. The van der Waals surface area contributed by atoms with Crippen molar-refractivity contribution in [2.45, 2.75) is 38.2 Å². The van der Waals surface area contributed by atoms with Crippen molar-refractivity contribution in [3.8, 4) is 0 Å². The van der Waals surface area contributed by atoms with Crippen LogP contribution < -0.4 is 5.32 Å². The van der Waals surface area contributed by atoms with Gasteiger partial charge in [-0.05, 0) is 73.9 Å². The Labute approximate surface area is 140 Å². The van der Waals surface area contributed by atoms with Crippen molar-refractivity contribution in [2.75, 3.05) is 13.1 Å². The molecule has 0 amide bonds. The predicted octanol–water partition coefficient (Wildman–Crippen LogP) is 3.72. The molecule has 1 aromatic rings. The number of benzene rings is 1. The van der Waals surface area contributed by atoms with E-state index in [2.05, 4.69) is 54.7 Å². The van der Waals surface area contributed by atoms with Gasteiger partial charge in [0.15, 0.2) is 0 Å². The first-order valence-corrected chi connectivity index (χ1v) is 9.36. The summed E-state index contributed by atoms with van der Waals surface area (Å²) in [5.41, 5.74) is 0.429. The van der Waals surface area contributed by atoms with E-state index in [9.17, 15) is 5.11 Å². The third-order valence-electron chi connectivity index (χ3n) is 6.82. The molecule has 1 saturated carbocycles. The van der Waals surface area contributed by atoms with Gasteiger partial charge in [0.25, 0.3) is 0 Å². The molecule has 2 fully saturated rings. The SMILES string of the molecule is CC(C1CCCNC1)C(O)(c1ccccc1)C1CC2C=CC1C2. The van der Waals surface area contributed by atoms with E-state index in [1.807, 2.05) is 0 Å². The van der Waals surface area contributed by atoms with Gasteiger partial charge in [0.2, 0.25) is 0 Å². The van der Waals surface area contributed by atoms with E-state index in [0.29, 0.717) is 23.7 Å². The van der Waals surface area contributed by atoms with Gasteiger partial charge in [-0.2, -0.15) is 0 Å². The molecule has 2 N–H and O–H groups in total. The standard InChI is InChI=1S/C21H29NO/c1-15(18-6-5-11-22-14-18)21(23,19-7-3-2-4-8-19)20-13-16-9-10-17(20)12-16/h2-4,7-10,15-18,20,22-23H,5-6,11-14H2,1H3. The molecule has 3 aliphatic rings. The normalized spacial score (nSPS) is 36.8. The number of rotatable bonds is 4.